The zero-order valence-electron chi connectivity index (χ0n) is 9.86. The molecule has 0 bridgehead atoms. The molecule has 0 radical (unpaired) electrons. The van der Waals surface area contributed by atoms with Crippen molar-refractivity contribution >= 4 is 6.09 Å². The maximum Gasteiger partial charge on any atom is 0.407 e. The van der Waals surface area contributed by atoms with Crippen LogP contribution in [-0.4, -0.2) is 26.4 Å². The third-order valence-electron chi connectivity index (χ3n) is 2.56. The Bertz CT molecular complexity index is 419. The predicted molar refractivity (Wildman–Crippen MR) is 61.4 cm³/mol. The Hall–Kier alpha value is -1.91. The summed E-state index contributed by atoms with van der Waals surface area (Å²) in [6.07, 6.45) is -0.386. The maximum absolute atomic E-state index is 11.0. The molecule has 1 amide bonds. The van der Waals surface area contributed by atoms with Crippen LogP contribution in [0.2, 0.25) is 0 Å². The normalized spacial score (nSPS) is 18.5. The van der Waals surface area contributed by atoms with E-state index in [1.807, 2.05) is 25.1 Å². The van der Waals surface area contributed by atoms with Crippen LogP contribution in [0.25, 0.3) is 0 Å². The molecule has 0 aromatic heterocycles. The zero-order valence-corrected chi connectivity index (χ0v) is 9.86. The summed E-state index contributed by atoms with van der Waals surface area (Å²) in [5.74, 6) is 1.36. The third-order valence-corrected chi connectivity index (χ3v) is 2.56. The second-order valence-corrected chi connectivity index (χ2v) is 3.64. The van der Waals surface area contributed by atoms with Crippen molar-refractivity contribution in [3.05, 3.63) is 23.8 Å². The van der Waals surface area contributed by atoms with Gasteiger partial charge in [0.1, 0.15) is 6.61 Å². The Morgan fingerprint density at radius 1 is 1.47 bits per heavy atom. The van der Waals surface area contributed by atoms with Gasteiger partial charge in [-0.3, -0.25) is 0 Å². The summed E-state index contributed by atoms with van der Waals surface area (Å²) in [7, 11) is 1.59. The molecule has 1 aromatic rings. The summed E-state index contributed by atoms with van der Waals surface area (Å²) in [6.45, 7) is 2.84. The first-order chi connectivity index (χ1) is 8.24. The van der Waals surface area contributed by atoms with Crippen LogP contribution >= 0.6 is 0 Å². The van der Waals surface area contributed by atoms with E-state index in [1.54, 1.807) is 7.11 Å². The number of hydrogen-bond acceptors (Lipinski definition) is 4. The summed E-state index contributed by atoms with van der Waals surface area (Å²) in [5, 5.41) is 2.72. The Labute approximate surface area is 99.7 Å². The number of benzene rings is 1. The van der Waals surface area contributed by atoms with Gasteiger partial charge in [0.25, 0.3) is 0 Å². The van der Waals surface area contributed by atoms with Crippen LogP contribution in [0.5, 0.6) is 11.5 Å². The fraction of sp³-hybridized carbons (Fsp3) is 0.417. The number of methoxy groups -OCH3 is 1. The maximum atomic E-state index is 11.0. The highest BCUT2D eigenvalue weighted by Gasteiger charge is 2.24. The van der Waals surface area contributed by atoms with Gasteiger partial charge in [-0.2, -0.15) is 0 Å². The Morgan fingerprint density at radius 2 is 2.29 bits per heavy atom. The third kappa shape index (κ3) is 2.43. The van der Waals surface area contributed by atoms with E-state index in [0.29, 0.717) is 24.7 Å². The Balaban J connectivity index is 2.22. The minimum atomic E-state index is -0.386. The second kappa shape index (κ2) is 4.95. The van der Waals surface area contributed by atoms with Gasteiger partial charge in [-0.05, 0) is 24.6 Å². The van der Waals surface area contributed by atoms with Crippen LogP contribution in [0.4, 0.5) is 4.79 Å². The molecule has 1 saturated heterocycles. The van der Waals surface area contributed by atoms with Crippen LogP contribution in [0.3, 0.4) is 0 Å². The summed E-state index contributed by atoms with van der Waals surface area (Å²) in [4.78, 5) is 11.0. The molecule has 0 unspecified atom stereocenters. The van der Waals surface area contributed by atoms with E-state index in [0.717, 1.165) is 5.56 Å². The van der Waals surface area contributed by atoms with Crippen molar-refractivity contribution in [3.8, 4) is 11.5 Å². The van der Waals surface area contributed by atoms with Crippen LogP contribution < -0.4 is 14.8 Å². The van der Waals surface area contributed by atoms with E-state index in [2.05, 4.69) is 5.32 Å². The first-order valence-corrected chi connectivity index (χ1v) is 5.48. The van der Waals surface area contributed by atoms with E-state index >= 15 is 0 Å². The molecule has 5 heteroatoms. The van der Waals surface area contributed by atoms with Gasteiger partial charge in [0.15, 0.2) is 11.5 Å². The highest BCUT2D eigenvalue weighted by atomic mass is 16.6. The first kappa shape index (κ1) is 11.6. The van der Waals surface area contributed by atoms with Gasteiger partial charge in [-0.25, -0.2) is 4.79 Å². The van der Waals surface area contributed by atoms with Gasteiger partial charge in [0.05, 0.1) is 19.8 Å². The zero-order chi connectivity index (χ0) is 12.3. The Morgan fingerprint density at radius 3 is 2.88 bits per heavy atom. The molecule has 1 heterocycles. The molecule has 0 saturated carbocycles. The van der Waals surface area contributed by atoms with E-state index in [4.69, 9.17) is 14.2 Å². The average molecular weight is 237 g/mol. The standard InChI is InChI=1S/C12H15NO4/c1-3-16-10-5-4-8(6-11(10)15-2)9-7-17-12(14)13-9/h4-6,9H,3,7H2,1-2H3,(H,13,14)/t9-/m0/s1. The molecule has 0 aliphatic carbocycles. The summed E-state index contributed by atoms with van der Waals surface area (Å²) in [5.41, 5.74) is 0.941. The van der Waals surface area contributed by atoms with Crippen LogP contribution in [-0.2, 0) is 4.74 Å². The monoisotopic (exact) mass is 237 g/mol. The fourth-order valence-electron chi connectivity index (χ4n) is 1.74. The van der Waals surface area contributed by atoms with E-state index in [-0.39, 0.29) is 12.1 Å². The lowest BCUT2D eigenvalue weighted by molar-refractivity contribution is 0.177. The van der Waals surface area contributed by atoms with Crippen molar-refractivity contribution in [2.45, 2.75) is 13.0 Å². The lowest BCUT2D eigenvalue weighted by Crippen LogP contribution is -2.18. The second-order valence-electron chi connectivity index (χ2n) is 3.64. The van der Waals surface area contributed by atoms with Crippen molar-refractivity contribution in [1.82, 2.24) is 5.32 Å². The molecule has 1 aromatic carbocycles. The number of hydrogen-bond donors (Lipinski definition) is 1. The largest absolute Gasteiger partial charge is 0.493 e. The fourth-order valence-corrected chi connectivity index (χ4v) is 1.74. The SMILES string of the molecule is CCOc1ccc([C@@H]2COC(=O)N2)cc1OC. The van der Waals surface area contributed by atoms with Crippen LogP contribution in [0.1, 0.15) is 18.5 Å². The number of carbonyl (C=O) groups excluding carboxylic acids is 1. The smallest absolute Gasteiger partial charge is 0.407 e. The molecular weight excluding hydrogens is 222 g/mol. The molecule has 2 rings (SSSR count). The van der Waals surface area contributed by atoms with Gasteiger partial charge in [0, 0.05) is 0 Å². The molecule has 5 nitrogen and oxygen atoms in total. The molecule has 0 spiro atoms. The van der Waals surface area contributed by atoms with Crippen molar-refractivity contribution in [2.75, 3.05) is 20.3 Å². The van der Waals surface area contributed by atoms with Gasteiger partial charge < -0.3 is 19.5 Å². The van der Waals surface area contributed by atoms with Crippen molar-refractivity contribution in [1.29, 1.82) is 0 Å². The number of carbonyl (C=O) groups is 1. The van der Waals surface area contributed by atoms with Gasteiger partial charge >= 0.3 is 6.09 Å². The number of nitrogens with one attached hydrogen (secondary N) is 1. The predicted octanol–water partition coefficient (Wildman–Crippen LogP) is 1.87. The minimum Gasteiger partial charge on any atom is -0.493 e. The lowest BCUT2D eigenvalue weighted by Gasteiger charge is -2.13. The highest BCUT2D eigenvalue weighted by Crippen LogP contribution is 2.31. The highest BCUT2D eigenvalue weighted by molar-refractivity contribution is 5.70. The molecule has 17 heavy (non-hydrogen) atoms. The molecule has 1 N–H and O–H groups in total. The minimum absolute atomic E-state index is 0.118. The summed E-state index contributed by atoms with van der Waals surface area (Å²) >= 11 is 0. The summed E-state index contributed by atoms with van der Waals surface area (Å²) in [6, 6.07) is 5.46. The quantitative estimate of drug-likeness (QED) is 0.868. The van der Waals surface area contributed by atoms with Gasteiger partial charge in [-0.15, -0.1) is 0 Å². The van der Waals surface area contributed by atoms with E-state index in [9.17, 15) is 4.79 Å². The van der Waals surface area contributed by atoms with Crippen molar-refractivity contribution < 1.29 is 19.0 Å². The van der Waals surface area contributed by atoms with Crippen molar-refractivity contribution in [2.24, 2.45) is 0 Å². The molecule has 1 aliphatic rings. The van der Waals surface area contributed by atoms with Crippen LogP contribution in [0.15, 0.2) is 18.2 Å². The van der Waals surface area contributed by atoms with E-state index < -0.39 is 0 Å². The first-order valence-electron chi connectivity index (χ1n) is 5.48. The lowest BCUT2D eigenvalue weighted by atomic mass is 10.1. The number of rotatable bonds is 4. The van der Waals surface area contributed by atoms with Gasteiger partial charge in [-0.1, -0.05) is 6.07 Å². The van der Waals surface area contributed by atoms with Crippen LogP contribution in [0, 0.1) is 0 Å². The van der Waals surface area contributed by atoms with Gasteiger partial charge in [0.2, 0.25) is 0 Å². The molecule has 1 aliphatic heterocycles. The topological polar surface area (TPSA) is 56.8 Å². The average Bonchev–Trinajstić information content (AvgIpc) is 2.77. The Kier molecular flexibility index (Phi) is 3.37. The number of amides is 1. The molecular formula is C12H15NO4. The number of ether oxygens (including phenoxy) is 3. The molecule has 1 fully saturated rings. The number of alkyl carbamates (subject to hydrolysis) is 1. The summed E-state index contributed by atoms with van der Waals surface area (Å²) < 4.78 is 15.5. The molecule has 1 atom stereocenters. The molecule has 92 valence electrons. The van der Waals surface area contributed by atoms with Crippen molar-refractivity contribution in [3.63, 3.8) is 0 Å². The van der Waals surface area contributed by atoms with E-state index in [1.165, 1.54) is 0 Å². The number of cyclic esters (lactones) is 1.